The molecule has 8 nitrogen and oxygen atoms in total. The maximum Gasteiger partial charge on any atom is 0.295 e. The largest absolute Gasteiger partial charge is 0.360 e. The number of ketones is 1. The minimum absolute atomic E-state index is 0.0887. The van der Waals surface area contributed by atoms with E-state index >= 15 is 0 Å². The van der Waals surface area contributed by atoms with Gasteiger partial charge >= 0.3 is 0 Å². The fraction of sp³-hybridized carbons (Fsp3) is 0.250. The number of aromatic nitrogens is 1. The van der Waals surface area contributed by atoms with Crippen LogP contribution in [0.25, 0.3) is 10.9 Å². The van der Waals surface area contributed by atoms with E-state index in [9.17, 15) is 19.2 Å². The van der Waals surface area contributed by atoms with Crippen molar-refractivity contribution in [3.63, 3.8) is 0 Å². The first-order valence-corrected chi connectivity index (χ1v) is 10.4. The third kappa shape index (κ3) is 3.75. The zero-order valence-electron chi connectivity index (χ0n) is 17.9. The summed E-state index contributed by atoms with van der Waals surface area (Å²) in [5.74, 6) is -1.62. The Morgan fingerprint density at radius 3 is 2.41 bits per heavy atom. The first-order chi connectivity index (χ1) is 15.4. The molecule has 4 rings (SSSR count). The maximum absolute atomic E-state index is 13.1. The number of carbonyl (C=O) groups is 4. The number of rotatable bonds is 4. The van der Waals surface area contributed by atoms with Gasteiger partial charge in [0.25, 0.3) is 23.5 Å². The summed E-state index contributed by atoms with van der Waals surface area (Å²) < 4.78 is 0. The second kappa shape index (κ2) is 8.66. The minimum Gasteiger partial charge on any atom is -0.360 e. The first-order valence-electron chi connectivity index (χ1n) is 10.4. The van der Waals surface area contributed by atoms with Crippen molar-refractivity contribution in [2.24, 2.45) is 0 Å². The second-order valence-electron chi connectivity index (χ2n) is 7.80. The SMILES string of the molecule is CNC(=O)c1cccc2c(C(=O)C(=O)N3CCN(C(=O)c4ccccc4)C[C@H]3C)c[nH]c12. The lowest BCUT2D eigenvalue weighted by atomic mass is 10.0. The highest BCUT2D eigenvalue weighted by molar-refractivity contribution is 6.45. The summed E-state index contributed by atoms with van der Waals surface area (Å²) in [7, 11) is 1.53. The van der Waals surface area contributed by atoms with Crippen molar-refractivity contribution in [1.82, 2.24) is 20.1 Å². The number of amides is 3. The molecule has 32 heavy (non-hydrogen) atoms. The Kier molecular flexibility index (Phi) is 5.77. The molecule has 2 aromatic carbocycles. The van der Waals surface area contributed by atoms with Crippen LogP contribution in [0.3, 0.4) is 0 Å². The van der Waals surface area contributed by atoms with Crippen LogP contribution in [0.4, 0.5) is 0 Å². The van der Waals surface area contributed by atoms with Gasteiger partial charge in [0.2, 0.25) is 0 Å². The van der Waals surface area contributed by atoms with Crippen LogP contribution in [-0.2, 0) is 4.79 Å². The molecular weight excluding hydrogens is 408 g/mol. The van der Waals surface area contributed by atoms with Crippen molar-refractivity contribution in [3.05, 3.63) is 71.4 Å². The molecule has 0 unspecified atom stereocenters. The van der Waals surface area contributed by atoms with Crippen LogP contribution in [0, 0.1) is 0 Å². The van der Waals surface area contributed by atoms with Crippen LogP contribution in [0.5, 0.6) is 0 Å². The molecule has 2 heterocycles. The van der Waals surface area contributed by atoms with Crippen LogP contribution < -0.4 is 5.32 Å². The fourth-order valence-corrected chi connectivity index (χ4v) is 4.12. The Balaban J connectivity index is 1.51. The molecule has 0 radical (unpaired) electrons. The molecule has 0 saturated carbocycles. The average molecular weight is 432 g/mol. The fourth-order valence-electron chi connectivity index (χ4n) is 4.12. The molecule has 1 fully saturated rings. The van der Waals surface area contributed by atoms with Gasteiger partial charge in [0.15, 0.2) is 0 Å². The Morgan fingerprint density at radius 2 is 1.72 bits per heavy atom. The molecule has 2 N–H and O–H groups in total. The predicted octanol–water partition coefficient (Wildman–Crippen LogP) is 2.08. The lowest BCUT2D eigenvalue weighted by Gasteiger charge is -2.39. The molecule has 0 bridgehead atoms. The van der Waals surface area contributed by atoms with Crippen LogP contribution in [0.15, 0.2) is 54.7 Å². The van der Waals surface area contributed by atoms with Gasteiger partial charge in [-0.1, -0.05) is 30.3 Å². The van der Waals surface area contributed by atoms with Crippen LogP contribution in [-0.4, -0.2) is 71.0 Å². The number of nitrogens with one attached hydrogen (secondary N) is 2. The Labute approximate surface area is 185 Å². The van der Waals surface area contributed by atoms with E-state index in [1.165, 1.54) is 18.1 Å². The van der Waals surface area contributed by atoms with Crippen LogP contribution in [0.1, 0.15) is 38.0 Å². The summed E-state index contributed by atoms with van der Waals surface area (Å²) in [5, 5.41) is 3.09. The number of fused-ring (bicyclic) bond motifs is 1. The molecule has 1 aliphatic heterocycles. The summed E-state index contributed by atoms with van der Waals surface area (Å²) in [6, 6.07) is 13.7. The number of piperazine rings is 1. The highest BCUT2D eigenvalue weighted by Crippen LogP contribution is 2.24. The summed E-state index contributed by atoms with van der Waals surface area (Å²) in [5.41, 5.74) is 1.74. The maximum atomic E-state index is 13.1. The van der Waals surface area contributed by atoms with Crippen molar-refractivity contribution in [1.29, 1.82) is 0 Å². The number of carbonyl (C=O) groups excluding carboxylic acids is 4. The van der Waals surface area contributed by atoms with Gasteiger partial charge in [0.05, 0.1) is 16.6 Å². The molecule has 8 heteroatoms. The molecule has 0 aliphatic carbocycles. The average Bonchev–Trinajstić information content (AvgIpc) is 3.27. The third-order valence-electron chi connectivity index (χ3n) is 5.82. The molecule has 1 aromatic heterocycles. The lowest BCUT2D eigenvalue weighted by molar-refractivity contribution is -0.130. The smallest absolute Gasteiger partial charge is 0.295 e. The normalized spacial score (nSPS) is 16.1. The van der Waals surface area contributed by atoms with Crippen LogP contribution >= 0.6 is 0 Å². The first kappa shape index (κ1) is 21.3. The molecule has 3 amide bonds. The Bertz CT molecular complexity index is 1200. The molecule has 3 aromatic rings. The van der Waals surface area contributed by atoms with Gasteiger partial charge in [-0.05, 0) is 25.1 Å². The summed E-state index contributed by atoms with van der Waals surface area (Å²) in [6.07, 6.45) is 1.47. The van der Waals surface area contributed by atoms with Crippen molar-refractivity contribution in [3.8, 4) is 0 Å². The van der Waals surface area contributed by atoms with Gasteiger partial charge in [-0.2, -0.15) is 0 Å². The van der Waals surface area contributed by atoms with Gasteiger partial charge in [0.1, 0.15) is 0 Å². The number of hydrogen-bond acceptors (Lipinski definition) is 4. The highest BCUT2D eigenvalue weighted by Gasteiger charge is 2.34. The number of aromatic amines is 1. The highest BCUT2D eigenvalue weighted by atomic mass is 16.2. The number of para-hydroxylation sites is 1. The third-order valence-corrected chi connectivity index (χ3v) is 5.82. The van der Waals surface area contributed by atoms with Gasteiger partial charge in [-0.25, -0.2) is 0 Å². The van der Waals surface area contributed by atoms with Crippen molar-refractivity contribution < 1.29 is 19.2 Å². The van der Waals surface area contributed by atoms with E-state index < -0.39 is 11.7 Å². The predicted molar refractivity (Wildman–Crippen MR) is 120 cm³/mol. The van der Waals surface area contributed by atoms with E-state index in [4.69, 9.17) is 0 Å². The van der Waals surface area contributed by atoms with Crippen LogP contribution in [0.2, 0.25) is 0 Å². The topological polar surface area (TPSA) is 103 Å². The Hall–Kier alpha value is -3.94. The number of hydrogen-bond donors (Lipinski definition) is 2. The number of nitrogens with zero attached hydrogens (tertiary/aromatic N) is 2. The lowest BCUT2D eigenvalue weighted by Crippen LogP contribution is -2.56. The Morgan fingerprint density at radius 1 is 0.969 bits per heavy atom. The molecule has 164 valence electrons. The number of H-pyrrole nitrogens is 1. The van der Waals surface area contributed by atoms with E-state index in [-0.39, 0.29) is 30.0 Å². The van der Waals surface area contributed by atoms with E-state index in [1.807, 2.05) is 25.1 Å². The summed E-state index contributed by atoms with van der Waals surface area (Å²) >= 11 is 0. The summed E-state index contributed by atoms with van der Waals surface area (Å²) in [6.45, 7) is 2.80. The zero-order valence-corrected chi connectivity index (χ0v) is 17.9. The quantitative estimate of drug-likeness (QED) is 0.487. The standard InChI is InChI=1S/C24H24N4O4/c1-15-14-27(23(31)16-7-4-3-5-8-16)11-12-28(15)24(32)21(29)19-13-26-20-17(19)9-6-10-18(20)22(30)25-2/h3-10,13,15,26H,11-12,14H2,1-2H3,(H,25,30)/t15-/m1/s1. The second-order valence-corrected chi connectivity index (χ2v) is 7.80. The molecule has 1 aliphatic rings. The van der Waals surface area contributed by atoms with Gasteiger partial charge in [0, 0.05) is 49.9 Å². The monoisotopic (exact) mass is 432 g/mol. The van der Waals surface area contributed by atoms with E-state index in [2.05, 4.69) is 10.3 Å². The minimum atomic E-state index is -0.639. The van der Waals surface area contributed by atoms with Gasteiger partial charge in [-0.3, -0.25) is 19.2 Å². The molecule has 1 atom stereocenters. The van der Waals surface area contributed by atoms with Crippen molar-refractivity contribution in [2.45, 2.75) is 13.0 Å². The van der Waals surface area contributed by atoms with E-state index in [1.54, 1.807) is 35.2 Å². The van der Waals surface area contributed by atoms with Gasteiger partial charge < -0.3 is 20.1 Å². The van der Waals surface area contributed by atoms with Gasteiger partial charge in [-0.15, -0.1) is 0 Å². The molecule has 0 spiro atoms. The summed E-state index contributed by atoms with van der Waals surface area (Å²) in [4.78, 5) is 57.1. The number of Topliss-reactive ketones (excluding diaryl/α,β-unsaturated/α-hetero) is 1. The van der Waals surface area contributed by atoms with E-state index in [0.29, 0.717) is 35.1 Å². The van der Waals surface area contributed by atoms with E-state index in [0.717, 1.165) is 0 Å². The zero-order chi connectivity index (χ0) is 22.8. The van der Waals surface area contributed by atoms with Crippen molar-refractivity contribution >= 4 is 34.4 Å². The molecule has 1 saturated heterocycles. The number of benzene rings is 2. The van der Waals surface area contributed by atoms with Crippen molar-refractivity contribution in [2.75, 3.05) is 26.7 Å². The molecular formula is C24H24N4O4.